The summed E-state index contributed by atoms with van der Waals surface area (Å²) >= 11 is 0. The Morgan fingerprint density at radius 2 is 1.68 bits per heavy atom. The summed E-state index contributed by atoms with van der Waals surface area (Å²) in [5.41, 5.74) is 0.281. The van der Waals surface area contributed by atoms with Crippen LogP contribution in [0.4, 0.5) is 13.2 Å². The van der Waals surface area contributed by atoms with Crippen LogP contribution in [-0.4, -0.2) is 26.7 Å². The van der Waals surface area contributed by atoms with Gasteiger partial charge in [0.05, 0.1) is 17.9 Å². The molecule has 138 valence electrons. The molecular formula is C19H25F3N2O. The molecule has 1 heterocycles. The Labute approximate surface area is 146 Å². The van der Waals surface area contributed by atoms with E-state index in [1.165, 1.54) is 12.1 Å². The van der Waals surface area contributed by atoms with Gasteiger partial charge in [-0.2, -0.15) is 13.2 Å². The predicted octanol–water partition coefficient (Wildman–Crippen LogP) is 4.61. The second-order valence-corrected chi connectivity index (χ2v) is 6.70. The number of para-hydroxylation sites is 1. The first-order valence-electron chi connectivity index (χ1n) is 8.39. The Kier molecular flexibility index (Phi) is 5.95. The summed E-state index contributed by atoms with van der Waals surface area (Å²) in [5.74, 6) is 0. The second-order valence-electron chi connectivity index (χ2n) is 6.70. The van der Waals surface area contributed by atoms with Gasteiger partial charge in [0, 0.05) is 36.1 Å². The molecule has 1 aromatic carbocycles. The first kappa shape index (κ1) is 19.5. The van der Waals surface area contributed by atoms with E-state index in [0.717, 1.165) is 11.8 Å². The quantitative estimate of drug-likeness (QED) is 0.821. The highest BCUT2D eigenvalue weighted by molar-refractivity contribution is 5.51. The Balaban J connectivity index is 2.57. The Hall–Kier alpha value is -1.79. The van der Waals surface area contributed by atoms with E-state index in [2.05, 4.69) is 32.6 Å². The third-order valence-electron chi connectivity index (χ3n) is 4.34. The molecule has 0 radical (unpaired) electrons. The molecule has 3 nitrogen and oxygen atoms in total. The van der Waals surface area contributed by atoms with Crippen LogP contribution in [0.2, 0.25) is 0 Å². The van der Waals surface area contributed by atoms with Crippen LogP contribution >= 0.6 is 0 Å². The largest absolute Gasteiger partial charge is 0.418 e. The van der Waals surface area contributed by atoms with E-state index in [0.29, 0.717) is 6.54 Å². The summed E-state index contributed by atoms with van der Waals surface area (Å²) in [7, 11) is 0. The Morgan fingerprint density at radius 1 is 1.04 bits per heavy atom. The van der Waals surface area contributed by atoms with Gasteiger partial charge in [-0.15, -0.1) is 0 Å². The third kappa shape index (κ3) is 4.25. The monoisotopic (exact) mass is 354 g/mol. The first-order valence-corrected chi connectivity index (χ1v) is 8.39. The van der Waals surface area contributed by atoms with Crippen LogP contribution in [0.3, 0.4) is 0 Å². The standard InChI is InChI=1S/C19H25F3N2O/c1-13(2)24(14(3)4)11-16-8-6-10-23(16)18-15(12-25)7-5-9-17(18)19(20,21)22/h5-10,13-14,25H,11-12H2,1-4H3. The third-order valence-corrected chi connectivity index (χ3v) is 4.34. The number of aliphatic hydroxyl groups is 1. The van der Waals surface area contributed by atoms with Crippen LogP contribution in [0, 0.1) is 0 Å². The molecule has 0 atom stereocenters. The topological polar surface area (TPSA) is 28.4 Å². The summed E-state index contributed by atoms with van der Waals surface area (Å²) in [6.45, 7) is 8.34. The molecule has 1 N–H and O–H groups in total. The lowest BCUT2D eigenvalue weighted by molar-refractivity contribution is -0.137. The number of nitrogens with zero attached hydrogens (tertiary/aromatic N) is 2. The smallest absolute Gasteiger partial charge is 0.392 e. The lowest BCUT2D eigenvalue weighted by Gasteiger charge is -2.31. The molecule has 6 heteroatoms. The number of aliphatic hydroxyl groups excluding tert-OH is 1. The number of alkyl halides is 3. The van der Waals surface area contributed by atoms with Gasteiger partial charge in [-0.1, -0.05) is 12.1 Å². The van der Waals surface area contributed by atoms with Gasteiger partial charge in [-0.25, -0.2) is 0 Å². The minimum atomic E-state index is -4.49. The van der Waals surface area contributed by atoms with E-state index in [-0.39, 0.29) is 23.3 Å². The van der Waals surface area contributed by atoms with Crippen molar-refractivity contribution < 1.29 is 18.3 Å². The van der Waals surface area contributed by atoms with Crippen molar-refractivity contribution in [2.24, 2.45) is 0 Å². The zero-order valence-corrected chi connectivity index (χ0v) is 15.0. The molecule has 0 unspecified atom stereocenters. The minimum Gasteiger partial charge on any atom is -0.392 e. The van der Waals surface area contributed by atoms with Crippen LogP contribution in [0.5, 0.6) is 0 Å². The molecule has 1 aromatic heterocycles. The maximum absolute atomic E-state index is 13.5. The van der Waals surface area contributed by atoms with Crippen LogP contribution in [0.25, 0.3) is 5.69 Å². The van der Waals surface area contributed by atoms with E-state index in [4.69, 9.17) is 0 Å². The van der Waals surface area contributed by atoms with Crippen molar-refractivity contribution in [3.8, 4) is 5.69 Å². The lowest BCUT2D eigenvalue weighted by atomic mass is 10.1. The van der Waals surface area contributed by atoms with Crippen molar-refractivity contribution in [3.05, 3.63) is 53.3 Å². The molecule has 25 heavy (non-hydrogen) atoms. The van der Waals surface area contributed by atoms with E-state index < -0.39 is 18.3 Å². The summed E-state index contributed by atoms with van der Waals surface area (Å²) in [4.78, 5) is 2.21. The van der Waals surface area contributed by atoms with Crippen molar-refractivity contribution in [1.82, 2.24) is 9.47 Å². The van der Waals surface area contributed by atoms with Crippen LogP contribution in [0.15, 0.2) is 36.5 Å². The van der Waals surface area contributed by atoms with E-state index in [9.17, 15) is 18.3 Å². The number of hydrogen-bond donors (Lipinski definition) is 1. The molecule has 0 aliphatic rings. The van der Waals surface area contributed by atoms with Crippen molar-refractivity contribution in [2.45, 2.75) is 59.1 Å². The highest BCUT2D eigenvalue weighted by Gasteiger charge is 2.35. The zero-order chi connectivity index (χ0) is 18.8. The average molecular weight is 354 g/mol. The van der Waals surface area contributed by atoms with Crippen molar-refractivity contribution in [2.75, 3.05) is 0 Å². The Bertz CT molecular complexity index is 697. The first-order chi connectivity index (χ1) is 11.7. The number of hydrogen-bond acceptors (Lipinski definition) is 2. The average Bonchev–Trinajstić information content (AvgIpc) is 2.98. The van der Waals surface area contributed by atoms with Crippen molar-refractivity contribution in [1.29, 1.82) is 0 Å². The highest BCUT2D eigenvalue weighted by atomic mass is 19.4. The molecule has 0 amide bonds. The van der Waals surface area contributed by atoms with Gasteiger partial charge in [0.1, 0.15) is 0 Å². The lowest BCUT2D eigenvalue weighted by Crippen LogP contribution is -2.37. The number of rotatable bonds is 6. The number of benzene rings is 1. The second kappa shape index (κ2) is 7.62. The Morgan fingerprint density at radius 3 is 2.20 bits per heavy atom. The molecule has 0 saturated carbocycles. The predicted molar refractivity (Wildman–Crippen MR) is 92.5 cm³/mol. The highest BCUT2D eigenvalue weighted by Crippen LogP contribution is 2.36. The molecule has 0 spiro atoms. The maximum Gasteiger partial charge on any atom is 0.418 e. The molecular weight excluding hydrogens is 329 g/mol. The van der Waals surface area contributed by atoms with E-state index >= 15 is 0 Å². The molecule has 0 bridgehead atoms. The van der Waals surface area contributed by atoms with Crippen LogP contribution < -0.4 is 0 Å². The fourth-order valence-electron chi connectivity index (χ4n) is 3.14. The van der Waals surface area contributed by atoms with Crippen molar-refractivity contribution in [3.63, 3.8) is 0 Å². The minimum absolute atomic E-state index is 0.00459. The van der Waals surface area contributed by atoms with Crippen molar-refractivity contribution >= 4 is 0 Å². The molecule has 2 rings (SSSR count). The van der Waals surface area contributed by atoms with Gasteiger partial charge in [0.25, 0.3) is 0 Å². The maximum atomic E-state index is 13.5. The fraction of sp³-hybridized carbons (Fsp3) is 0.474. The summed E-state index contributed by atoms with van der Waals surface area (Å²) in [5, 5.41) is 9.57. The SMILES string of the molecule is CC(C)N(Cc1cccn1-c1c(CO)cccc1C(F)(F)F)C(C)C. The molecule has 0 aliphatic carbocycles. The molecule has 0 fully saturated rings. The van der Waals surface area contributed by atoms with E-state index in [1.54, 1.807) is 16.8 Å². The van der Waals surface area contributed by atoms with Crippen LogP contribution in [-0.2, 0) is 19.3 Å². The molecule has 2 aromatic rings. The van der Waals surface area contributed by atoms with Gasteiger partial charge in [-0.3, -0.25) is 4.90 Å². The summed E-state index contributed by atoms with van der Waals surface area (Å²) in [6.07, 6.45) is -2.87. The number of aromatic nitrogens is 1. The zero-order valence-electron chi connectivity index (χ0n) is 15.0. The number of halogens is 3. The van der Waals surface area contributed by atoms with E-state index in [1.807, 2.05) is 6.07 Å². The van der Waals surface area contributed by atoms with Gasteiger partial charge >= 0.3 is 6.18 Å². The normalized spacial score (nSPS) is 12.6. The van der Waals surface area contributed by atoms with Gasteiger partial charge in [0.2, 0.25) is 0 Å². The van der Waals surface area contributed by atoms with Gasteiger partial charge < -0.3 is 9.67 Å². The van der Waals surface area contributed by atoms with Gasteiger partial charge in [0.15, 0.2) is 0 Å². The summed E-state index contributed by atoms with van der Waals surface area (Å²) < 4.78 is 42.1. The molecule has 0 aliphatic heterocycles. The fourth-order valence-corrected chi connectivity index (χ4v) is 3.14. The van der Waals surface area contributed by atoms with Crippen LogP contribution in [0.1, 0.15) is 44.5 Å². The van der Waals surface area contributed by atoms with Gasteiger partial charge in [-0.05, 0) is 45.9 Å². The molecule has 0 saturated heterocycles. The summed E-state index contributed by atoms with van der Waals surface area (Å²) in [6, 6.07) is 8.00.